The molecule has 2 rings (SSSR count). The minimum atomic E-state index is -0.136. The van der Waals surface area contributed by atoms with Crippen LogP contribution in [0.15, 0.2) is 22.7 Å². The molecule has 1 heterocycles. The Kier molecular flexibility index (Phi) is 5.39. The summed E-state index contributed by atoms with van der Waals surface area (Å²) in [6.07, 6.45) is 1.36. The molecular weight excluding hydrogens is 334 g/mol. The van der Waals surface area contributed by atoms with Crippen LogP contribution in [0, 0.1) is 12.8 Å². The summed E-state index contributed by atoms with van der Waals surface area (Å²) in [5.41, 5.74) is 1.69. The quantitative estimate of drug-likeness (QED) is 0.784. The standard InChI is InChI=1S/C16H20BrNO3/c1-3-21-16(20)12-6-8-18(9-7-12)15(19)14-10-13(17)5-4-11(14)2/h4-5,10,12H,3,6-9H2,1-2H3. The van der Waals surface area contributed by atoms with Crippen LogP contribution in [0.4, 0.5) is 0 Å². The zero-order chi connectivity index (χ0) is 15.4. The van der Waals surface area contributed by atoms with Crippen LogP contribution in [0.3, 0.4) is 0 Å². The maximum absolute atomic E-state index is 12.6. The number of ether oxygens (including phenoxy) is 1. The van der Waals surface area contributed by atoms with Crippen LogP contribution in [-0.2, 0) is 9.53 Å². The molecule has 114 valence electrons. The molecule has 0 bridgehead atoms. The molecule has 0 N–H and O–H groups in total. The number of hydrogen-bond acceptors (Lipinski definition) is 3. The maximum atomic E-state index is 12.6. The van der Waals surface area contributed by atoms with Crippen molar-refractivity contribution in [2.24, 2.45) is 5.92 Å². The number of rotatable bonds is 3. The monoisotopic (exact) mass is 353 g/mol. The first-order chi connectivity index (χ1) is 10.0. The average molecular weight is 354 g/mol. The van der Waals surface area contributed by atoms with E-state index in [-0.39, 0.29) is 17.8 Å². The second-order valence-corrected chi connectivity index (χ2v) is 6.19. The Morgan fingerprint density at radius 2 is 2.00 bits per heavy atom. The van der Waals surface area contributed by atoms with Crippen molar-refractivity contribution in [2.75, 3.05) is 19.7 Å². The van der Waals surface area contributed by atoms with E-state index in [1.165, 1.54) is 0 Å². The Morgan fingerprint density at radius 3 is 2.62 bits per heavy atom. The van der Waals surface area contributed by atoms with E-state index in [0.29, 0.717) is 32.5 Å². The molecule has 5 heteroatoms. The molecule has 1 amide bonds. The number of piperidine rings is 1. The van der Waals surface area contributed by atoms with Gasteiger partial charge in [-0.1, -0.05) is 22.0 Å². The molecule has 0 spiro atoms. The van der Waals surface area contributed by atoms with Gasteiger partial charge in [0.2, 0.25) is 0 Å². The minimum Gasteiger partial charge on any atom is -0.466 e. The van der Waals surface area contributed by atoms with Crippen molar-refractivity contribution in [3.8, 4) is 0 Å². The summed E-state index contributed by atoms with van der Waals surface area (Å²) >= 11 is 3.40. The predicted molar refractivity (Wildman–Crippen MR) is 84.1 cm³/mol. The maximum Gasteiger partial charge on any atom is 0.309 e. The Hall–Kier alpha value is -1.36. The van der Waals surface area contributed by atoms with Gasteiger partial charge >= 0.3 is 5.97 Å². The summed E-state index contributed by atoms with van der Waals surface area (Å²) in [6.45, 7) is 5.37. The van der Waals surface area contributed by atoms with Gasteiger partial charge in [-0.3, -0.25) is 9.59 Å². The molecule has 1 aromatic carbocycles. The van der Waals surface area contributed by atoms with Crippen molar-refractivity contribution in [1.29, 1.82) is 0 Å². The van der Waals surface area contributed by atoms with Crippen LogP contribution < -0.4 is 0 Å². The molecule has 0 aromatic heterocycles. The van der Waals surface area contributed by atoms with Crippen molar-refractivity contribution >= 4 is 27.8 Å². The smallest absolute Gasteiger partial charge is 0.309 e. The number of amides is 1. The van der Waals surface area contributed by atoms with E-state index < -0.39 is 0 Å². The first-order valence-electron chi connectivity index (χ1n) is 7.25. The van der Waals surface area contributed by atoms with Gasteiger partial charge in [-0.05, 0) is 44.4 Å². The van der Waals surface area contributed by atoms with E-state index in [9.17, 15) is 9.59 Å². The molecule has 1 fully saturated rings. The van der Waals surface area contributed by atoms with Crippen molar-refractivity contribution in [3.05, 3.63) is 33.8 Å². The molecule has 1 saturated heterocycles. The molecule has 0 radical (unpaired) electrons. The van der Waals surface area contributed by atoms with Gasteiger partial charge in [0.25, 0.3) is 5.91 Å². The van der Waals surface area contributed by atoms with Gasteiger partial charge < -0.3 is 9.64 Å². The van der Waals surface area contributed by atoms with Gasteiger partial charge in [0, 0.05) is 23.1 Å². The van der Waals surface area contributed by atoms with E-state index in [2.05, 4.69) is 15.9 Å². The largest absolute Gasteiger partial charge is 0.466 e. The molecule has 0 unspecified atom stereocenters. The third-order valence-corrected chi connectivity index (χ3v) is 4.33. The lowest BCUT2D eigenvalue weighted by atomic mass is 9.96. The van der Waals surface area contributed by atoms with E-state index in [0.717, 1.165) is 15.6 Å². The van der Waals surface area contributed by atoms with Gasteiger partial charge in [0.15, 0.2) is 0 Å². The molecule has 0 aliphatic carbocycles. The van der Waals surface area contributed by atoms with Crippen LogP contribution in [0.1, 0.15) is 35.7 Å². The molecule has 21 heavy (non-hydrogen) atoms. The fourth-order valence-corrected chi connectivity index (χ4v) is 2.93. The fourth-order valence-electron chi connectivity index (χ4n) is 2.57. The summed E-state index contributed by atoms with van der Waals surface area (Å²) in [5.74, 6) is -0.169. The van der Waals surface area contributed by atoms with Crippen molar-refractivity contribution in [3.63, 3.8) is 0 Å². The number of likely N-dealkylation sites (tertiary alicyclic amines) is 1. The molecular formula is C16H20BrNO3. The van der Waals surface area contributed by atoms with E-state index in [4.69, 9.17) is 4.74 Å². The highest BCUT2D eigenvalue weighted by molar-refractivity contribution is 9.10. The topological polar surface area (TPSA) is 46.6 Å². The third-order valence-electron chi connectivity index (χ3n) is 3.83. The van der Waals surface area contributed by atoms with Crippen molar-refractivity contribution in [1.82, 2.24) is 4.90 Å². The number of nitrogens with zero attached hydrogens (tertiary/aromatic N) is 1. The van der Waals surface area contributed by atoms with Crippen LogP contribution in [0.5, 0.6) is 0 Å². The predicted octanol–water partition coefficient (Wildman–Crippen LogP) is 3.17. The highest BCUT2D eigenvalue weighted by Gasteiger charge is 2.29. The minimum absolute atomic E-state index is 0.0381. The van der Waals surface area contributed by atoms with Crippen LogP contribution >= 0.6 is 15.9 Å². The van der Waals surface area contributed by atoms with Gasteiger partial charge in [0.1, 0.15) is 0 Å². The van der Waals surface area contributed by atoms with Crippen molar-refractivity contribution in [2.45, 2.75) is 26.7 Å². The van der Waals surface area contributed by atoms with Crippen molar-refractivity contribution < 1.29 is 14.3 Å². The van der Waals surface area contributed by atoms with E-state index >= 15 is 0 Å². The zero-order valence-corrected chi connectivity index (χ0v) is 14.0. The van der Waals surface area contributed by atoms with Gasteiger partial charge in [-0.2, -0.15) is 0 Å². The number of aryl methyl sites for hydroxylation is 1. The number of carbonyl (C=O) groups excluding carboxylic acids is 2. The summed E-state index contributed by atoms with van der Waals surface area (Å²) < 4.78 is 5.95. The molecule has 1 aliphatic heterocycles. The zero-order valence-electron chi connectivity index (χ0n) is 12.4. The molecule has 1 aromatic rings. The average Bonchev–Trinajstić information content (AvgIpc) is 2.49. The second kappa shape index (κ2) is 7.07. The molecule has 0 atom stereocenters. The van der Waals surface area contributed by atoms with Crippen LogP contribution in [-0.4, -0.2) is 36.5 Å². The van der Waals surface area contributed by atoms with Gasteiger partial charge in [-0.15, -0.1) is 0 Å². The normalized spacial score (nSPS) is 15.9. The Morgan fingerprint density at radius 1 is 1.33 bits per heavy atom. The highest BCUT2D eigenvalue weighted by atomic mass is 79.9. The number of hydrogen-bond donors (Lipinski definition) is 0. The Balaban J connectivity index is 2.00. The number of esters is 1. The Labute approximate surface area is 133 Å². The van der Waals surface area contributed by atoms with Crippen LogP contribution in [0.25, 0.3) is 0 Å². The first-order valence-corrected chi connectivity index (χ1v) is 8.04. The summed E-state index contributed by atoms with van der Waals surface area (Å²) in [7, 11) is 0. The summed E-state index contributed by atoms with van der Waals surface area (Å²) in [6, 6.07) is 5.72. The first kappa shape index (κ1) is 16.0. The lowest BCUT2D eigenvalue weighted by Gasteiger charge is -2.31. The summed E-state index contributed by atoms with van der Waals surface area (Å²) in [5, 5.41) is 0. The third kappa shape index (κ3) is 3.84. The van der Waals surface area contributed by atoms with Gasteiger partial charge in [0.05, 0.1) is 12.5 Å². The number of carbonyl (C=O) groups is 2. The van der Waals surface area contributed by atoms with Crippen LogP contribution in [0.2, 0.25) is 0 Å². The fraction of sp³-hybridized carbons (Fsp3) is 0.500. The van der Waals surface area contributed by atoms with Gasteiger partial charge in [-0.25, -0.2) is 0 Å². The van der Waals surface area contributed by atoms with E-state index in [1.807, 2.05) is 36.9 Å². The SMILES string of the molecule is CCOC(=O)C1CCN(C(=O)c2cc(Br)ccc2C)CC1. The molecule has 0 saturated carbocycles. The number of halogens is 1. The Bertz CT molecular complexity index is 536. The lowest BCUT2D eigenvalue weighted by molar-refractivity contribution is -0.149. The lowest BCUT2D eigenvalue weighted by Crippen LogP contribution is -2.40. The molecule has 1 aliphatic rings. The number of benzene rings is 1. The second-order valence-electron chi connectivity index (χ2n) is 5.28. The highest BCUT2D eigenvalue weighted by Crippen LogP contribution is 2.23. The summed E-state index contributed by atoms with van der Waals surface area (Å²) in [4.78, 5) is 26.1. The van der Waals surface area contributed by atoms with E-state index in [1.54, 1.807) is 0 Å². The molecule has 4 nitrogen and oxygen atoms in total.